The number of fused-ring (bicyclic) bond motifs is 1. The van der Waals surface area contributed by atoms with Gasteiger partial charge in [-0.1, -0.05) is 17.4 Å². The zero-order valence-corrected chi connectivity index (χ0v) is 16.3. The van der Waals surface area contributed by atoms with Crippen LogP contribution in [0.2, 0.25) is 0 Å². The molecular weight excluding hydrogens is 383 g/mol. The van der Waals surface area contributed by atoms with E-state index in [9.17, 15) is 14.0 Å². The van der Waals surface area contributed by atoms with Crippen molar-refractivity contribution >= 4 is 33.4 Å². The highest BCUT2D eigenvalue weighted by molar-refractivity contribution is 7.16. The van der Waals surface area contributed by atoms with Crippen molar-refractivity contribution < 1.29 is 23.5 Å². The molecule has 0 radical (unpaired) electrons. The highest BCUT2D eigenvalue weighted by Gasteiger charge is 2.13. The number of ether oxygens (including phenoxy) is 2. The number of esters is 1. The van der Waals surface area contributed by atoms with E-state index < -0.39 is 11.9 Å². The van der Waals surface area contributed by atoms with E-state index in [0.29, 0.717) is 45.9 Å². The predicted octanol–water partition coefficient (Wildman–Crippen LogP) is 3.41. The molecular formula is C20H19FN2O4S. The van der Waals surface area contributed by atoms with Crippen LogP contribution in [0.5, 0.6) is 0 Å². The van der Waals surface area contributed by atoms with E-state index in [0.717, 1.165) is 0 Å². The van der Waals surface area contributed by atoms with Crippen molar-refractivity contribution in [1.29, 1.82) is 0 Å². The number of carbonyl (C=O) groups is 2. The predicted molar refractivity (Wildman–Crippen MR) is 104 cm³/mol. The molecule has 0 aliphatic rings. The monoisotopic (exact) mass is 402 g/mol. The van der Waals surface area contributed by atoms with Gasteiger partial charge in [-0.2, -0.15) is 4.99 Å². The van der Waals surface area contributed by atoms with Crippen LogP contribution in [0.25, 0.3) is 10.2 Å². The molecule has 0 N–H and O–H groups in total. The number of carbonyl (C=O) groups excluding carboxylic acids is 2. The molecule has 6 nitrogen and oxygen atoms in total. The largest absolute Gasteiger partial charge is 0.465 e. The Hall–Kier alpha value is -2.84. The maximum Gasteiger partial charge on any atom is 0.337 e. The molecule has 0 unspecified atom stereocenters. The summed E-state index contributed by atoms with van der Waals surface area (Å²) in [7, 11) is 1.29. The molecule has 1 amide bonds. The Labute approximate surface area is 164 Å². The number of thiazole rings is 1. The van der Waals surface area contributed by atoms with Gasteiger partial charge in [0.05, 0.1) is 29.5 Å². The topological polar surface area (TPSA) is 69.9 Å². The minimum atomic E-state index is -0.482. The van der Waals surface area contributed by atoms with Crippen LogP contribution in [-0.4, -0.2) is 36.8 Å². The molecule has 3 rings (SSSR count). The van der Waals surface area contributed by atoms with E-state index >= 15 is 0 Å². The van der Waals surface area contributed by atoms with Crippen molar-refractivity contribution in [2.75, 3.05) is 20.3 Å². The van der Waals surface area contributed by atoms with Gasteiger partial charge in [0, 0.05) is 18.7 Å². The molecule has 28 heavy (non-hydrogen) atoms. The molecule has 0 aliphatic carbocycles. The maximum atomic E-state index is 14.4. The zero-order chi connectivity index (χ0) is 20.1. The molecule has 8 heteroatoms. The van der Waals surface area contributed by atoms with Gasteiger partial charge >= 0.3 is 5.97 Å². The van der Waals surface area contributed by atoms with Crippen molar-refractivity contribution in [3.63, 3.8) is 0 Å². The average Bonchev–Trinajstić information content (AvgIpc) is 3.06. The SMILES string of the molecule is CCOCCn1c(=NC(=O)c2ccc(C(=O)OC)cc2)sc2cccc(F)c21. The minimum absolute atomic E-state index is 0.321. The number of benzene rings is 2. The van der Waals surface area contributed by atoms with Crippen molar-refractivity contribution in [3.8, 4) is 0 Å². The molecule has 1 aromatic heterocycles. The van der Waals surface area contributed by atoms with Crippen LogP contribution in [0.4, 0.5) is 4.39 Å². The average molecular weight is 402 g/mol. The smallest absolute Gasteiger partial charge is 0.337 e. The molecule has 0 bridgehead atoms. The zero-order valence-electron chi connectivity index (χ0n) is 15.5. The van der Waals surface area contributed by atoms with Gasteiger partial charge in [-0.05, 0) is 43.3 Å². The highest BCUT2D eigenvalue weighted by atomic mass is 32.1. The Morgan fingerprint density at radius 3 is 2.54 bits per heavy atom. The molecule has 0 fully saturated rings. The lowest BCUT2D eigenvalue weighted by Gasteiger charge is -2.06. The van der Waals surface area contributed by atoms with E-state index in [-0.39, 0.29) is 5.82 Å². The van der Waals surface area contributed by atoms with E-state index in [1.54, 1.807) is 16.7 Å². The maximum absolute atomic E-state index is 14.4. The van der Waals surface area contributed by atoms with Crippen molar-refractivity contribution in [2.24, 2.45) is 4.99 Å². The molecule has 2 aromatic carbocycles. The van der Waals surface area contributed by atoms with Gasteiger partial charge in [0.15, 0.2) is 4.80 Å². The summed E-state index contributed by atoms with van der Waals surface area (Å²) in [6.07, 6.45) is 0. The molecule has 0 spiro atoms. The Bertz CT molecular complexity index is 1070. The summed E-state index contributed by atoms with van der Waals surface area (Å²) in [6.45, 7) is 3.18. The highest BCUT2D eigenvalue weighted by Crippen LogP contribution is 2.20. The molecule has 0 aliphatic heterocycles. The number of halogens is 1. The quantitative estimate of drug-likeness (QED) is 0.468. The normalized spacial score (nSPS) is 11.8. The van der Waals surface area contributed by atoms with Crippen molar-refractivity contribution in [2.45, 2.75) is 13.5 Å². The third-order valence-electron chi connectivity index (χ3n) is 4.07. The van der Waals surface area contributed by atoms with Crippen LogP contribution in [-0.2, 0) is 16.0 Å². The molecule has 0 atom stereocenters. The van der Waals surface area contributed by atoms with Gasteiger partial charge in [-0.25, -0.2) is 9.18 Å². The number of rotatable bonds is 6. The van der Waals surface area contributed by atoms with Crippen LogP contribution < -0.4 is 4.80 Å². The third-order valence-corrected chi connectivity index (χ3v) is 5.11. The first-order chi connectivity index (χ1) is 13.5. The van der Waals surface area contributed by atoms with Crippen LogP contribution in [0.1, 0.15) is 27.6 Å². The fourth-order valence-electron chi connectivity index (χ4n) is 2.70. The Morgan fingerprint density at radius 2 is 1.86 bits per heavy atom. The van der Waals surface area contributed by atoms with Gasteiger partial charge in [0.2, 0.25) is 0 Å². The third kappa shape index (κ3) is 4.18. The Balaban J connectivity index is 2.00. The Kier molecular flexibility index (Phi) is 6.33. The molecule has 1 heterocycles. The number of hydrogen-bond donors (Lipinski definition) is 0. The van der Waals surface area contributed by atoms with Crippen LogP contribution in [0, 0.1) is 5.82 Å². The van der Waals surface area contributed by atoms with Crippen LogP contribution in [0.3, 0.4) is 0 Å². The second-order valence-electron chi connectivity index (χ2n) is 5.81. The standard InChI is InChI=1S/C20H19FN2O4S/c1-3-27-12-11-23-17-15(21)5-4-6-16(17)28-20(23)22-18(24)13-7-9-14(10-8-13)19(25)26-2/h4-10H,3,11-12H2,1-2H3. The van der Waals surface area contributed by atoms with Gasteiger partial charge in [0.1, 0.15) is 5.82 Å². The molecule has 146 valence electrons. The lowest BCUT2D eigenvalue weighted by molar-refractivity contribution is 0.0600. The first-order valence-electron chi connectivity index (χ1n) is 8.68. The van der Waals surface area contributed by atoms with Gasteiger partial charge in [-0.15, -0.1) is 0 Å². The number of hydrogen-bond acceptors (Lipinski definition) is 5. The van der Waals surface area contributed by atoms with Crippen LogP contribution >= 0.6 is 11.3 Å². The summed E-state index contributed by atoms with van der Waals surface area (Å²) >= 11 is 1.24. The lowest BCUT2D eigenvalue weighted by atomic mass is 10.1. The second kappa shape index (κ2) is 8.90. The number of nitrogens with zero attached hydrogens (tertiary/aromatic N) is 2. The lowest BCUT2D eigenvalue weighted by Crippen LogP contribution is -2.20. The molecule has 0 saturated heterocycles. The summed E-state index contributed by atoms with van der Waals surface area (Å²) in [5.41, 5.74) is 1.07. The fourth-order valence-corrected chi connectivity index (χ4v) is 3.77. The van der Waals surface area contributed by atoms with Crippen LogP contribution in [0.15, 0.2) is 47.5 Å². The fraction of sp³-hybridized carbons (Fsp3) is 0.250. The summed E-state index contributed by atoms with van der Waals surface area (Å²) in [5, 5.41) is 0. The molecule has 0 saturated carbocycles. The summed E-state index contributed by atoms with van der Waals surface area (Å²) in [5.74, 6) is -1.33. The number of aromatic nitrogens is 1. The molecule has 3 aromatic rings. The van der Waals surface area contributed by atoms with Crippen molar-refractivity contribution in [3.05, 3.63) is 64.2 Å². The number of amides is 1. The van der Waals surface area contributed by atoms with E-state index in [4.69, 9.17) is 4.74 Å². The summed E-state index contributed by atoms with van der Waals surface area (Å²) in [4.78, 5) is 28.7. The van der Waals surface area contributed by atoms with E-state index in [2.05, 4.69) is 9.73 Å². The number of methoxy groups -OCH3 is 1. The minimum Gasteiger partial charge on any atom is -0.465 e. The first kappa shape index (κ1) is 19.9. The summed E-state index contributed by atoms with van der Waals surface area (Å²) < 4.78 is 26.7. The first-order valence-corrected chi connectivity index (χ1v) is 9.49. The van der Waals surface area contributed by atoms with Crippen molar-refractivity contribution in [1.82, 2.24) is 4.57 Å². The number of para-hydroxylation sites is 1. The van der Waals surface area contributed by atoms with E-state index in [1.807, 2.05) is 6.92 Å². The van der Waals surface area contributed by atoms with E-state index in [1.165, 1.54) is 48.8 Å². The summed E-state index contributed by atoms with van der Waals surface area (Å²) in [6, 6.07) is 10.8. The Morgan fingerprint density at radius 1 is 1.14 bits per heavy atom. The second-order valence-corrected chi connectivity index (χ2v) is 6.81. The van der Waals surface area contributed by atoms with Gasteiger partial charge in [-0.3, -0.25) is 4.79 Å². The van der Waals surface area contributed by atoms with Gasteiger partial charge < -0.3 is 14.0 Å². The van der Waals surface area contributed by atoms with Gasteiger partial charge in [0.25, 0.3) is 5.91 Å².